The van der Waals surface area contributed by atoms with E-state index in [1.165, 1.54) is 23.4 Å². The van der Waals surface area contributed by atoms with Crippen molar-refractivity contribution in [3.8, 4) is 5.69 Å². The molecule has 0 unspecified atom stereocenters. The van der Waals surface area contributed by atoms with Crippen LogP contribution in [0.5, 0.6) is 0 Å². The van der Waals surface area contributed by atoms with Gasteiger partial charge in [0.2, 0.25) is 10.0 Å². The maximum absolute atomic E-state index is 13.8. The van der Waals surface area contributed by atoms with Crippen LogP contribution in [0.25, 0.3) is 11.8 Å². The third kappa shape index (κ3) is 4.06. The van der Waals surface area contributed by atoms with E-state index in [0.29, 0.717) is 37.2 Å². The van der Waals surface area contributed by atoms with E-state index in [1.54, 1.807) is 47.3 Å². The summed E-state index contributed by atoms with van der Waals surface area (Å²) in [5.41, 5.74) is 2.95. The molecule has 0 spiro atoms. The number of alkyl halides is 1. The summed E-state index contributed by atoms with van der Waals surface area (Å²) in [5, 5.41) is 4.49. The molecule has 2 aliphatic heterocycles. The first-order valence-corrected chi connectivity index (χ1v) is 14.2. The second-order valence-corrected chi connectivity index (χ2v) is 12.3. The van der Waals surface area contributed by atoms with Crippen LogP contribution in [0.2, 0.25) is 0 Å². The summed E-state index contributed by atoms with van der Waals surface area (Å²) in [4.78, 5) is 15.2. The molecule has 3 aromatic rings. The van der Waals surface area contributed by atoms with Crippen LogP contribution < -0.4 is 4.90 Å². The molecule has 3 heterocycles. The predicted octanol–water partition coefficient (Wildman–Crippen LogP) is 4.17. The van der Waals surface area contributed by atoms with Crippen molar-refractivity contribution in [2.75, 3.05) is 31.1 Å². The summed E-state index contributed by atoms with van der Waals surface area (Å²) in [5.74, 6) is -0.432. The van der Waals surface area contributed by atoms with Crippen LogP contribution in [0.3, 0.4) is 0 Å². The monoisotopic (exact) mass is 538 g/mol. The fourth-order valence-electron chi connectivity index (χ4n) is 5.91. The number of nitrogens with zero attached hydrogens (tertiary/aromatic N) is 4. The second kappa shape index (κ2) is 9.13. The van der Waals surface area contributed by atoms with Crippen molar-refractivity contribution >= 4 is 27.6 Å². The molecule has 2 atom stereocenters. The number of anilines is 1. The van der Waals surface area contributed by atoms with Gasteiger partial charge in [-0.1, -0.05) is 11.6 Å². The molecule has 1 aliphatic carbocycles. The summed E-state index contributed by atoms with van der Waals surface area (Å²) < 4.78 is 57.9. The number of fused-ring (bicyclic) bond motifs is 2. The van der Waals surface area contributed by atoms with Crippen LogP contribution in [0.4, 0.5) is 14.5 Å². The number of piperidine rings is 1. The van der Waals surface area contributed by atoms with Gasteiger partial charge in [0.05, 0.1) is 27.9 Å². The Kier molecular flexibility index (Phi) is 5.99. The molecular weight excluding hydrogens is 510 g/mol. The van der Waals surface area contributed by atoms with Gasteiger partial charge in [-0.25, -0.2) is 21.9 Å². The average Bonchev–Trinajstić information content (AvgIpc) is 3.53. The molecule has 7 nitrogen and oxygen atoms in total. The molecule has 0 bridgehead atoms. The number of Topliss-reactive ketones (excluding diaryl/α,β-unsaturated/α-hetero) is 1. The number of ketones is 1. The smallest absolute Gasteiger partial charge is 0.243 e. The minimum Gasteiger partial charge on any atom is -0.368 e. The van der Waals surface area contributed by atoms with Crippen LogP contribution in [-0.2, 0) is 21.2 Å². The number of hydrogen-bond donors (Lipinski definition) is 0. The van der Waals surface area contributed by atoms with Crippen molar-refractivity contribution in [2.45, 2.75) is 37.3 Å². The zero-order chi connectivity index (χ0) is 26.7. The van der Waals surface area contributed by atoms with E-state index in [9.17, 15) is 22.0 Å². The van der Waals surface area contributed by atoms with E-state index in [2.05, 4.69) is 5.10 Å². The van der Waals surface area contributed by atoms with Crippen LogP contribution >= 0.6 is 0 Å². The molecule has 0 radical (unpaired) electrons. The molecular formula is C28H28F2N4O3S. The van der Waals surface area contributed by atoms with Gasteiger partial charge < -0.3 is 4.90 Å². The van der Waals surface area contributed by atoms with Gasteiger partial charge in [0.25, 0.3) is 0 Å². The van der Waals surface area contributed by atoms with Gasteiger partial charge in [-0.15, -0.1) is 0 Å². The van der Waals surface area contributed by atoms with Crippen LogP contribution in [0.1, 0.15) is 31.0 Å². The Morgan fingerprint density at radius 1 is 1.11 bits per heavy atom. The fraction of sp³-hybridized carbons (Fsp3) is 0.357. The first-order chi connectivity index (χ1) is 18.2. The summed E-state index contributed by atoms with van der Waals surface area (Å²) >= 11 is 0. The van der Waals surface area contributed by atoms with Crippen LogP contribution in [-0.4, -0.2) is 60.6 Å². The zero-order valence-corrected chi connectivity index (χ0v) is 21.8. The molecule has 6 rings (SSSR count). The van der Waals surface area contributed by atoms with Gasteiger partial charge in [0.15, 0.2) is 0 Å². The third-order valence-electron chi connectivity index (χ3n) is 8.08. The Balaban J connectivity index is 1.32. The number of carbonyl (C=O) groups excluding carboxylic acids is 1. The highest BCUT2D eigenvalue weighted by Crippen LogP contribution is 2.46. The second-order valence-electron chi connectivity index (χ2n) is 10.3. The molecule has 3 aliphatic rings. The molecule has 0 amide bonds. The zero-order valence-electron chi connectivity index (χ0n) is 21.0. The van der Waals surface area contributed by atoms with Crippen molar-refractivity contribution in [3.63, 3.8) is 0 Å². The number of aromatic nitrogens is 2. The van der Waals surface area contributed by atoms with Crippen LogP contribution in [0, 0.1) is 11.2 Å². The third-order valence-corrected chi connectivity index (χ3v) is 9.92. The SMILES string of the molecule is CC(=O)[C@]12Cc3cnn(-c4ccc(F)cc4)c3C=C1CCN(S(=O)(=O)c1cccc(N3CC[C@@H](F)C3)c1)C2. The largest absolute Gasteiger partial charge is 0.368 e. The molecule has 38 heavy (non-hydrogen) atoms. The molecule has 10 heteroatoms. The maximum Gasteiger partial charge on any atom is 0.243 e. The number of rotatable bonds is 5. The van der Waals surface area contributed by atoms with Gasteiger partial charge in [-0.2, -0.15) is 9.40 Å². The minimum absolute atomic E-state index is 0.0398. The lowest BCUT2D eigenvalue weighted by Crippen LogP contribution is -2.52. The summed E-state index contributed by atoms with van der Waals surface area (Å²) in [6, 6.07) is 12.7. The summed E-state index contributed by atoms with van der Waals surface area (Å²) in [6.45, 7) is 2.59. The lowest BCUT2D eigenvalue weighted by Gasteiger charge is -2.44. The van der Waals surface area contributed by atoms with E-state index in [4.69, 9.17) is 0 Å². The minimum atomic E-state index is -3.89. The van der Waals surface area contributed by atoms with Gasteiger partial charge in [-0.3, -0.25) is 4.79 Å². The van der Waals surface area contributed by atoms with Crippen molar-refractivity contribution in [3.05, 3.63) is 77.4 Å². The Labute approximate surface area is 220 Å². The molecule has 2 aromatic carbocycles. The molecule has 198 valence electrons. The molecule has 2 fully saturated rings. The normalized spacial score (nSPS) is 23.6. The Hall–Kier alpha value is -3.37. The van der Waals surface area contributed by atoms with Gasteiger partial charge in [-0.05, 0) is 80.3 Å². The van der Waals surface area contributed by atoms with E-state index in [-0.39, 0.29) is 36.1 Å². The highest BCUT2D eigenvalue weighted by Gasteiger charge is 2.49. The molecule has 2 saturated heterocycles. The highest BCUT2D eigenvalue weighted by atomic mass is 32.2. The topological polar surface area (TPSA) is 75.5 Å². The number of hydrogen-bond acceptors (Lipinski definition) is 5. The number of halogens is 2. The van der Waals surface area contributed by atoms with E-state index >= 15 is 0 Å². The summed E-state index contributed by atoms with van der Waals surface area (Å²) in [6.07, 6.45) is 3.90. The molecule has 0 saturated carbocycles. The quantitative estimate of drug-likeness (QED) is 0.488. The van der Waals surface area contributed by atoms with Crippen molar-refractivity contribution in [1.82, 2.24) is 14.1 Å². The van der Waals surface area contributed by atoms with Crippen LogP contribution in [0.15, 0.2) is 65.2 Å². The Bertz CT molecular complexity index is 1550. The van der Waals surface area contributed by atoms with Crippen molar-refractivity contribution in [1.29, 1.82) is 0 Å². The van der Waals surface area contributed by atoms with Crippen molar-refractivity contribution < 1.29 is 22.0 Å². The molecule has 1 aromatic heterocycles. The fourth-order valence-corrected chi connectivity index (χ4v) is 7.46. The van der Waals surface area contributed by atoms with E-state index in [1.807, 2.05) is 11.0 Å². The number of carbonyl (C=O) groups is 1. The van der Waals surface area contributed by atoms with E-state index < -0.39 is 21.6 Å². The Morgan fingerprint density at radius 2 is 1.89 bits per heavy atom. The predicted molar refractivity (Wildman–Crippen MR) is 140 cm³/mol. The van der Waals surface area contributed by atoms with E-state index in [0.717, 1.165) is 16.8 Å². The van der Waals surface area contributed by atoms with Gasteiger partial charge >= 0.3 is 0 Å². The first-order valence-electron chi connectivity index (χ1n) is 12.7. The Morgan fingerprint density at radius 3 is 2.61 bits per heavy atom. The molecule has 0 N–H and O–H groups in total. The van der Waals surface area contributed by atoms with Gasteiger partial charge in [0.1, 0.15) is 17.8 Å². The number of sulfonamides is 1. The van der Waals surface area contributed by atoms with Gasteiger partial charge in [0, 0.05) is 31.9 Å². The lowest BCUT2D eigenvalue weighted by molar-refractivity contribution is -0.125. The first kappa shape index (κ1) is 24.9. The lowest BCUT2D eigenvalue weighted by atomic mass is 9.66. The number of benzene rings is 2. The maximum atomic E-state index is 13.8. The summed E-state index contributed by atoms with van der Waals surface area (Å²) in [7, 11) is -3.89. The van der Waals surface area contributed by atoms with Crippen molar-refractivity contribution in [2.24, 2.45) is 5.41 Å². The standard InChI is InChI=1S/C28H28F2N4O3S/c1-19(35)28-15-20-16-31-34(24-7-5-22(29)6-8-24)27(20)13-21(28)9-12-33(18-28)38(36,37)26-4-2-3-25(14-26)32-11-10-23(30)17-32/h2-8,13-14,16,23H,9-12,15,17-18H2,1H3/t23-,28-/m1/s1. The highest BCUT2D eigenvalue weighted by molar-refractivity contribution is 7.89. The average molecular weight is 539 g/mol.